The summed E-state index contributed by atoms with van der Waals surface area (Å²) in [7, 11) is 0. The maximum Gasteiger partial charge on any atom is 0.253 e. The fraction of sp³-hybridized carbons (Fsp3) is 0.417. The van der Waals surface area contributed by atoms with E-state index in [2.05, 4.69) is 28.4 Å². The number of likely N-dealkylation sites (tertiary alicyclic amines) is 1. The van der Waals surface area contributed by atoms with Gasteiger partial charge >= 0.3 is 0 Å². The molecule has 2 amide bonds. The van der Waals surface area contributed by atoms with E-state index in [1.165, 1.54) is 18.4 Å². The highest BCUT2D eigenvalue weighted by Gasteiger charge is 2.20. The van der Waals surface area contributed by atoms with Crippen LogP contribution in [0.25, 0.3) is 0 Å². The molecule has 0 radical (unpaired) electrons. The number of benzene rings is 2. The highest BCUT2D eigenvalue weighted by molar-refractivity contribution is 5.98. The van der Waals surface area contributed by atoms with Gasteiger partial charge in [0.05, 0.1) is 6.54 Å². The summed E-state index contributed by atoms with van der Waals surface area (Å²) in [6.45, 7) is 2.85. The number of hydrogen-bond acceptors (Lipinski definition) is 3. The lowest BCUT2D eigenvalue weighted by Gasteiger charge is -2.30. The molecule has 0 atom stereocenters. The minimum absolute atomic E-state index is 0.0546. The molecular weight excluding hydrogens is 362 g/mol. The summed E-state index contributed by atoms with van der Waals surface area (Å²) in [6.07, 6.45) is 6.65. The molecule has 29 heavy (non-hydrogen) atoms. The monoisotopic (exact) mass is 391 g/mol. The van der Waals surface area contributed by atoms with Crippen LogP contribution in [0.2, 0.25) is 0 Å². The Kier molecular flexibility index (Phi) is 6.13. The molecule has 0 aromatic heterocycles. The van der Waals surface area contributed by atoms with E-state index in [1.54, 1.807) is 6.07 Å². The van der Waals surface area contributed by atoms with Crippen LogP contribution in [0.15, 0.2) is 48.5 Å². The van der Waals surface area contributed by atoms with Gasteiger partial charge < -0.3 is 15.1 Å². The topological polar surface area (TPSA) is 52.7 Å². The van der Waals surface area contributed by atoms with Gasteiger partial charge in [0.15, 0.2) is 0 Å². The number of amides is 2. The number of fused-ring (bicyclic) bond motifs is 1. The van der Waals surface area contributed by atoms with Crippen molar-refractivity contribution in [2.75, 3.05) is 36.4 Å². The van der Waals surface area contributed by atoms with Crippen LogP contribution in [0.1, 0.15) is 48.0 Å². The van der Waals surface area contributed by atoms with Crippen molar-refractivity contribution in [3.63, 3.8) is 0 Å². The Labute approximate surface area is 172 Å². The number of carbonyl (C=O) groups is 2. The standard InChI is InChI=1S/C24H29N3O2/c28-23(18-27-16-8-11-19-9-3-4-13-22(19)27)25-21-12-7-10-20(17-21)24(29)26-14-5-1-2-6-15-26/h3-4,7,9-10,12-13,17H,1-2,5-6,8,11,14-16,18H2,(H,25,28). The second-order valence-electron chi connectivity index (χ2n) is 7.99. The van der Waals surface area contributed by atoms with Crippen LogP contribution in [-0.4, -0.2) is 42.9 Å². The second kappa shape index (κ2) is 9.12. The first-order chi connectivity index (χ1) is 14.2. The van der Waals surface area contributed by atoms with Gasteiger partial charge in [-0.1, -0.05) is 37.1 Å². The summed E-state index contributed by atoms with van der Waals surface area (Å²) >= 11 is 0. The fourth-order valence-corrected chi connectivity index (χ4v) is 4.34. The number of anilines is 2. The van der Waals surface area contributed by atoms with Crippen molar-refractivity contribution in [1.29, 1.82) is 0 Å². The van der Waals surface area contributed by atoms with Gasteiger partial charge in [0.2, 0.25) is 5.91 Å². The van der Waals surface area contributed by atoms with E-state index in [0.717, 1.165) is 51.0 Å². The molecule has 2 aromatic carbocycles. The van der Waals surface area contributed by atoms with E-state index in [0.29, 0.717) is 17.8 Å². The largest absolute Gasteiger partial charge is 0.362 e. The van der Waals surface area contributed by atoms with E-state index in [1.807, 2.05) is 29.2 Å². The van der Waals surface area contributed by atoms with Gasteiger partial charge in [-0.05, 0) is 55.5 Å². The first-order valence-electron chi connectivity index (χ1n) is 10.7. The molecule has 0 spiro atoms. The molecule has 4 rings (SSSR count). The summed E-state index contributed by atoms with van der Waals surface area (Å²) in [4.78, 5) is 29.6. The Morgan fingerprint density at radius 1 is 0.862 bits per heavy atom. The molecule has 0 aliphatic carbocycles. The molecule has 1 N–H and O–H groups in total. The predicted molar refractivity (Wildman–Crippen MR) is 116 cm³/mol. The molecule has 0 bridgehead atoms. The Morgan fingerprint density at radius 3 is 2.48 bits per heavy atom. The number of carbonyl (C=O) groups excluding carboxylic acids is 2. The maximum atomic E-state index is 12.8. The highest BCUT2D eigenvalue weighted by atomic mass is 16.2. The van der Waals surface area contributed by atoms with Crippen LogP contribution in [0.3, 0.4) is 0 Å². The van der Waals surface area contributed by atoms with Gasteiger partial charge in [0.1, 0.15) is 0 Å². The number of hydrogen-bond donors (Lipinski definition) is 1. The third-order valence-electron chi connectivity index (χ3n) is 5.83. The van der Waals surface area contributed by atoms with Gasteiger partial charge in [-0.15, -0.1) is 0 Å². The second-order valence-corrected chi connectivity index (χ2v) is 7.99. The normalized spacial score (nSPS) is 16.7. The maximum absolute atomic E-state index is 12.8. The third-order valence-corrected chi connectivity index (χ3v) is 5.83. The van der Waals surface area contributed by atoms with Gasteiger partial charge in [-0.2, -0.15) is 0 Å². The molecule has 2 heterocycles. The van der Waals surface area contributed by atoms with E-state index >= 15 is 0 Å². The van der Waals surface area contributed by atoms with E-state index in [9.17, 15) is 9.59 Å². The van der Waals surface area contributed by atoms with Crippen molar-refractivity contribution < 1.29 is 9.59 Å². The van der Waals surface area contributed by atoms with E-state index < -0.39 is 0 Å². The summed E-state index contributed by atoms with van der Waals surface area (Å²) in [5.41, 5.74) is 3.78. The predicted octanol–water partition coefficient (Wildman–Crippen LogP) is 4.09. The van der Waals surface area contributed by atoms with Gasteiger partial charge in [-0.3, -0.25) is 9.59 Å². The van der Waals surface area contributed by atoms with Crippen LogP contribution in [0.5, 0.6) is 0 Å². The van der Waals surface area contributed by atoms with Crippen LogP contribution >= 0.6 is 0 Å². The summed E-state index contributed by atoms with van der Waals surface area (Å²) in [5, 5.41) is 2.98. The fourth-order valence-electron chi connectivity index (χ4n) is 4.34. The van der Waals surface area contributed by atoms with E-state index in [4.69, 9.17) is 0 Å². The Bertz CT molecular complexity index is 872. The minimum atomic E-state index is -0.0546. The molecule has 1 saturated heterocycles. The average molecular weight is 392 g/mol. The number of aryl methyl sites for hydroxylation is 1. The Balaban J connectivity index is 1.40. The quantitative estimate of drug-likeness (QED) is 0.854. The first kappa shape index (κ1) is 19.5. The molecule has 5 nitrogen and oxygen atoms in total. The molecule has 0 unspecified atom stereocenters. The zero-order valence-electron chi connectivity index (χ0n) is 16.9. The van der Waals surface area contributed by atoms with Crippen molar-refractivity contribution in [1.82, 2.24) is 4.90 Å². The smallest absolute Gasteiger partial charge is 0.253 e. The van der Waals surface area contributed by atoms with Gasteiger partial charge in [0.25, 0.3) is 5.91 Å². The third kappa shape index (κ3) is 4.78. The number of para-hydroxylation sites is 1. The van der Waals surface area contributed by atoms with Crippen LogP contribution in [-0.2, 0) is 11.2 Å². The number of nitrogens with one attached hydrogen (secondary N) is 1. The number of rotatable bonds is 4. The zero-order chi connectivity index (χ0) is 20.1. The number of nitrogens with zero attached hydrogens (tertiary/aromatic N) is 2. The molecule has 2 aliphatic heterocycles. The lowest BCUT2D eigenvalue weighted by Crippen LogP contribution is -2.36. The van der Waals surface area contributed by atoms with Crippen LogP contribution in [0.4, 0.5) is 11.4 Å². The molecule has 0 saturated carbocycles. The lowest BCUT2D eigenvalue weighted by molar-refractivity contribution is -0.115. The molecule has 2 aromatic rings. The lowest BCUT2D eigenvalue weighted by atomic mass is 10.0. The van der Waals surface area contributed by atoms with E-state index in [-0.39, 0.29) is 11.8 Å². The first-order valence-corrected chi connectivity index (χ1v) is 10.7. The molecule has 5 heteroatoms. The van der Waals surface area contributed by atoms with Crippen molar-refractivity contribution in [3.8, 4) is 0 Å². The SMILES string of the molecule is O=C(CN1CCCc2ccccc21)Nc1cccc(C(=O)N2CCCCCC2)c1. The highest BCUT2D eigenvalue weighted by Crippen LogP contribution is 2.26. The van der Waals surface area contributed by atoms with Gasteiger partial charge in [0, 0.05) is 36.6 Å². The molecule has 152 valence electrons. The van der Waals surface area contributed by atoms with Crippen molar-refractivity contribution >= 4 is 23.2 Å². The van der Waals surface area contributed by atoms with Crippen molar-refractivity contribution in [3.05, 3.63) is 59.7 Å². The Morgan fingerprint density at radius 2 is 1.66 bits per heavy atom. The summed E-state index contributed by atoms with van der Waals surface area (Å²) in [6, 6.07) is 15.6. The van der Waals surface area contributed by atoms with Crippen LogP contribution in [0, 0.1) is 0 Å². The Hall–Kier alpha value is -2.82. The zero-order valence-corrected chi connectivity index (χ0v) is 16.9. The summed E-state index contributed by atoms with van der Waals surface area (Å²) in [5.74, 6) is 0.00836. The van der Waals surface area contributed by atoms with Crippen molar-refractivity contribution in [2.24, 2.45) is 0 Å². The van der Waals surface area contributed by atoms with Crippen molar-refractivity contribution in [2.45, 2.75) is 38.5 Å². The molecule has 2 aliphatic rings. The summed E-state index contributed by atoms with van der Waals surface area (Å²) < 4.78 is 0. The minimum Gasteiger partial charge on any atom is -0.362 e. The van der Waals surface area contributed by atoms with Gasteiger partial charge in [-0.25, -0.2) is 0 Å². The molecular formula is C24H29N3O2. The van der Waals surface area contributed by atoms with Crippen LogP contribution < -0.4 is 10.2 Å². The molecule has 1 fully saturated rings. The average Bonchev–Trinajstić information content (AvgIpc) is 3.03.